The van der Waals surface area contributed by atoms with Crippen LogP contribution < -0.4 is 0 Å². The topological polar surface area (TPSA) is 12.4 Å². The molecule has 0 aromatic heterocycles. The molecule has 6 rings (SSSR count). The third kappa shape index (κ3) is 2.57. The monoisotopic (exact) mass is 319 g/mol. The Morgan fingerprint density at radius 2 is 1.67 bits per heavy atom. The van der Waals surface area contributed by atoms with E-state index in [1.807, 2.05) is 0 Å². The molecule has 1 nitrogen and oxygen atoms in total. The second-order valence-corrected chi connectivity index (χ2v) is 9.18. The number of benzene rings is 1. The molecular weight excluding hydrogens is 290 g/mol. The Morgan fingerprint density at radius 1 is 1.00 bits per heavy atom. The predicted octanol–water partition coefficient (Wildman–Crippen LogP) is 5.69. The van der Waals surface area contributed by atoms with Crippen LogP contribution in [0.15, 0.2) is 34.8 Å². The normalized spacial score (nSPS) is 40.5. The molecule has 1 aromatic carbocycles. The highest BCUT2D eigenvalue weighted by molar-refractivity contribution is 5.87. The summed E-state index contributed by atoms with van der Waals surface area (Å²) in [4.78, 5) is 5.31. The molecule has 126 valence electrons. The van der Waals surface area contributed by atoms with Gasteiger partial charge in [0.1, 0.15) is 0 Å². The third-order valence-electron chi connectivity index (χ3n) is 7.29. The van der Waals surface area contributed by atoms with Crippen molar-refractivity contribution in [3.05, 3.63) is 41.0 Å². The van der Waals surface area contributed by atoms with E-state index in [0.717, 1.165) is 17.8 Å². The SMILES string of the molecule is CC1CCc2ccccc2C=C1C=NC12CC3CC(CC(C3)C1)C2. The molecule has 0 aliphatic heterocycles. The van der Waals surface area contributed by atoms with Crippen LogP contribution in [0.25, 0.3) is 6.08 Å². The van der Waals surface area contributed by atoms with Crippen LogP contribution in [0.2, 0.25) is 0 Å². The minimum Gasteiger partial charge on any atom is -0.286 e. The summed E-state index contributed by atoms with van der Waals surface area (Å²) in [6.07, 6.45) is 15.8. The number of rotatable bonds is 2. The van der Waals surface area contributed by atoms with E-state index >= 15 is 0 Å². The largest absolute Gasteiger partial charge is 0.286 e. The molecule has 0 N–H and O–H groups in total. The van der Waals surface area contributed by atoms with Gasteiger partial charge in [-0.1, -0.05) is 31.2 Å². The molecule has 0 spiro atoms. The number of fused-ring (bicyclic) bond motifs is 1. The lowest BCUT2D eigenvalue weighted by atomic mass is 9.53. The summed E-state index contributed by atoms with van der Waals surface area (Å²) in [7, 11) is 0. The second kappa shape index (κ2) is 5.58. The molecule has 0 heterocycles. The van der Waals surface area contributed by atoms with Crippen LogP contribution in [0.5, 0.6) is 0 Å². The van der Waals surface area contributed by atoms with Gasteiger partial charge in [0.2, 0.25) is 0 Å². The molecule has 24 heavy (non-hydrogen) atoms. The van der Waals surface area contributed by atoms with Gasteiger partial charge >= 0.3 is 0 Å². The van der Waals surface area contributed by atoms with Crippen molar-refractivity contribution in [2.75, 3.05) is 0 Å². The molecule has 0 radical (unpaired) electrons. The van der Waals surface area contributed by atoms with E-state index in [1.165, 1.54) is 68.1 Å². The number of hydrogen-bond donors (Lipinski definition) is 0. The number of nitrogens with zero attached hydrogens (tertiary/aromatic N) is 1. The smallest absolute Gasteiger partial charge is 0.0616 e. The molecule has 1 unspecified atom stereocenters. The summed E-state index contributed by atoms with van der Waals surface area (Å²) in [5.41, 5.74) is 4.67. The Hall–Kier alpha value is -1.37. The van der Waals surface area contributed by atoms with Gasteiger partial charge in [0.15, 0.2) is 0 Å². The Balaban J connectivity index is 1.44. The van der Waals surface area contributed by atoms with Gasteiger partial charge < -0.3 is 0 Å². The molecule has 5 aliphatic carbocycles. The van der Waals surface area contributed by atoms with E-state index in [0.29, 0.717) is 11.5 Å². The maximum atomic E-state index is 5.31. The van der Waals surface area contributed by atoms with Gasteiger partial charge in [0.25, 0.3) is 0 Å². The fraction of sp³-hybridized carbons (Fsp3) is 0.609. The first-order valence-electron chi connectivity index (χ1n) is 10.0. The minimum absolute atomic E-state index is 0.307. The van der Waals surface area contributed by atoms with Gasteiger partial charge in [-0.05, 0) is 97.8 Å². The Bertz CT molecular complexity index is 660. The third-order valence-corrected chi connectivity index (χ3v) is 7.29. The quantitative estimate of drug-likeness (QED) is 0.621. The minimum atomic E-state index is 0.307. The highest BCUT2D eigenvalue weighted by Crippen LogP contribution is 2.57. The maximum Gasteiger partial charge on any atom is 0.0616 e. The summed E-state index contributed by atoms with van der Waals surface area (Å²) in [5, 5.41) is 0. The highest BCUT2D eigenvalue weighted by atomic mass is 14.9. The molecule has 4 fully saturated rings. The number of aliphatic imine (C=N–C) groups is 1. The molecule has 0 amide bonds. The second-order valence-electron chi connectivity index (χ2n) is 9.18. The van der Waals surface area contributed by atoms with E-state index in [2.05, 4.69) is 43.5 Å². The summed E-state index contributed by atoms with van der Waals surface area (Å²) in [6, 6.07) is 8.90. The highest BCUT2D eigenvalue weighted by Gasteiger charge is 2.50. The zero-order chi connectivity index (χ0) is 16.1. The maximum absolute atomic E-state index is 5.31. The molecule has 4 bridgehead atoms. The summed E-state index contributed by atoms with van der Waals surface area (Å²) >= 11 is 0. The van der Waals surface area contributed by atoms with Crippen LogP contribution in [-0.4, -0.2) is 11.8 Å². The predicted molar refractivity (Wildman–Crippen MR) is 101 cm³/mol. The number of hydrogen-bond acceptors (Lipinski definition) is 1. The lowest BCUT2D eigenvalue weighted by Gasteiger charge is -2.55. The molecule has 5 aliphatic rings. The van der Waals surface area contributed by atoms with E-state index in [1.54, 1.807) is 0 Å². The number of aryl methyl sites for hydroxylation is 1. The van der Waals surface area contributed by atoms with E-state index < -0.39 is 0 Å². The fourth-order valence-corrected chi connectivity index (χ4v) is 6.36. The average molecular weight is 319 g/mol. The van der Waals surface area contributed by atoms with Crippen molar-refractivity contribution in [3.8, 4) is 0 Å². The first-order chi connectivity index (χ1) is 11.7. The Kier molecular flexibility index (Phi) is 3.47. The standard InChI is InChI=1S/C23H29N/c1-16-6-7-20-4-2-3-5-21(20)11-22(16)15-24-23-12-17-8-18(13-23)10-19(9-17)14-23/h2-5,11,15-19H,6-10,12-14H2,1H3. The fourth-order valence-electron chi connectivity index (χ4n) is 6.36. The van der Waals surface area contributed by atoms with Crippen molar-refractivity contribution < 1.29 is 0 Å². The van der Waals surface area contributed by atoms with Gasteiger partial charge in [0, 0.05) is 6.21 Å². The van der Waals surface area contributed by atoms with Crippen molar-refractivity contribution in [2.45, 2.75) is 63.8 Å². The number of allylic oxidation sites excluding steroid dienone is 1. The van der Waals surface area contributed by atoms with Crippen LogP contribution in [0.1, 0.15) is 63.0 Å². The van der Waals surface area contributed by atoms with Gasteiger partial charge in [-0.3, -0.25) is 4.99 Å². The van der Waals surface area contributed by atoms with Crippen LogP contribution in [-0.2, 0) is 6.42 Å². The molecule has 1 atom stereocenters. The van der Waals surface area contributed by atoms with E-state index in [9.17, 15) is 0 Å². The molecule has 1 heteroatoms. The average Bonchev–Trinajstić information content (AvgIpc) is 2.71. The van der Waals surface area contributed by atoms with E-state index in [-0.39, 0.29) is 0 Å². The molecular formula is C23H29N. The van der Waals surface area contributed by atoms with Gasteiger partial charge in [-0.2, -0.15) is 0 Å². The lowest BCUT2D eigenvalue weighted by Crippen LogP contribution is -2.49. The van der Waals surface area contributed by atoms with Crippen LogP contribution >= 0.6 is 0 Å². The van der Waals surface area contributed by atoms with Crippen LogP contribution in [0.4, 0.5) is 0 Å². The van der Waals surface area contributed by atoms with Gasteiger partial charge in [0.05, 0.1) is 5.54 Å². The van der Waals surface area contributed by atoms with Crippen LogP contribution in [0, 0.1) is 23.7 Å². The van der Waals surface area contributed by atoms with Crippen molar-refractivity contribution in [2.24, 2.45) is 28.7 Å². The van der Waals surface area contributed by atoms with Gasteiger partial charge in [-0.25, -0.2) is 0 Å². The zero-order valence-corrected chi connectivity index (χ0v) is 14.9. The van der Waals surface area contributed by atoms with Crippen molar-refractivity contribution in [3.63, 3.8) is 0 Å². The first-order valence-corrected chi connectivity index (χ1v) is 10.0. The van der Waals surface area contributed by atoms with Crippen molar-refractivity contribution >= 4 is 12.3 Å². The zero-order valence-electron chi connectivity index (χ0n) is 14.9. The van der Waals surface area contributed by atoms with Crippen LogP contribution in [0.3, 0.4) is 0 Å². The Morgan fingerprint density at radius 3 is 2.38 bits per heavy atom. The summed E-state index contributed by atoms with van der Waals surface area (Å²) < 4.78 is 0. The van der Waals surface area contributed by atoms with Gasteiger partial charge in [-0.15, -0.1) is 0 Å². The van der Waals surface area contributed by atoms with Crippen molar-refractivity contribution in [1.29, 1.82) is 0 Å². The lowest BCUT2D eigenvalue weighted by molar-refractivity contribution is 0.00192. The first kappa shape index (κ1) is 14.9. The summed E-state index contributed by atoms with van der Waals surface area (Å²) in [5.74, 6) is 3.56. The molecule has 0 saturated heterocycles. The van der Waals surface area contributed by atoms with Crippen molar-refractivity contribution in [1.82, 2.24) is 0 Å². The molecule has 4 saturated carbocycles. The van der Waals surface area contributed by atoms with E-state index in [4.69, 9.17) is 4.99 Å². The summed E-state index contributed by atoms with van der Waals surface area (Å²) in [6.45, 7) is 2.38. The molecule has 1 aromatic rings. The Labute approximate surface area is 146 Å².